The zero-order valence-corrected chi connectivity index (χ0v) is 24.4. The third-order valence-corrected chi connectivity index (χ3v) is 9.36. The van der Waals surface area contributed by atoms with Crippen LogP contribution < -0.4 is 0 Å². The van der Waals surface area contributed by atoms with E-state index < -0.39 is 14.9 Å². The Morgan fingerprint density at radius 3 is 1.59 bits per heavy atom. The molecule has 0 amide bonds. The van der Waals surface area contributed by atoms with Crippen LogP contribution >= 0.6 is 0 Å². The Labute approximate surface area is 228 Å². The second-order valence-corrected chi connectivity index (χ2v) is 12.4. The first-order chi connectivity index (χ1) is 18.0. The van der Waals surface area contributed by atoms with E-state index in [1.54, 1.807) is 0 Å². The monoisotopic (exact) mass is 528 g/mol. The van der Waals surface area contributed by atoms with Crippen molar-refractivity contribution >= 4 is 10.1 Å². The number of benzene rings is 2. The van der Waals surface area contributed by atoms with Gasteiger partial charge in [0.25, 0.3) is 10.1 Å². The maximum absolute atomic E-state index is 13.3. The summed E-state index contributed by atoms with van der Waals surface area (Å²) in [5.41, 5.74) is 2.48. The number of unbranched alkanes of at least 4 members (excludes halogenated alkanes) is 14. The molecule has 1 N–H and O–H groups in total. The topological polar surface area (TPSA) is 54.4 Å². The molecule has 0 saturated heterocycles. The van der Waals surface area contributed by atoms with Crippen molar-refractivity contribution in [3.8, 4) is 0 Å². The van der Waals surface area contributed by atoms with Crippen LogP contribution in [0.25, 0.3) is 0 Å². The summed E-state index contributed by atoms with van der Waals surface area (Å²) in [7, 11) is -4.40. The fraction of sp³-hybridized carbons (Fsp3) is 0.636. The Hall–Kier alpha value is -1.65. The molecule has 3 nitrogen and oxygen atoms in total. The molecule has 208 valence electrons. The average molecular weight is 529 g/mol. The first-order valence-electron chi connectivity index (χ1n) is 15.1. The minimum Gasteiger partial charge on any atom is -0.285 e. The van der Waals surface area contributed by atoms with Crippen molar-refractivity contribution in [3.63, 3.8) is 0 Å². The number of hydrogen-bond donors (Lipinski definition) is 1. The molecule has 0 spiro atoms. The van der Waals surface area contributed by atoms with Crippen molar-refractivity contribution in [2.45, 2.75) is 134 Å². The lowest BCUT2D eigenvalue weighted by Gasteiger charge is -2.34. The fourth-order valence-corrected chi connectivity index (χ4v) is 6.96. The van der Waals surface area contributed by atoms with Crippen LogP contribution in [-0.2, 0) is 21.3 Å². The normalized spacial score (nSPS) is 13.5. The van der Waals surface area contributed by atoms with Crippen LogP contribution in [-0.4, -0.2) is 13.0 Å². The van der Waals surface area contributed by atoms with Gasteiger partial charge >= 0.3 is 0 Å². The minimum atomic E-state index is -4.40. The van der Waals surface area contributed by atoms with Gasteiger partial charge < -0.3 is 0 Å². The fourth-order valence-electron chi connectivity index (χ4n) is 5.65. The molecule has 2 aromatic carbocycles. The van der Waals surface area contributed by atoms with E-state index in [0.717, 1.165) is 49.7 Å². The quantitative estimate of drug-likeness (QED) is 0.129. The molecule has 0 radical (unpaired) electrons. The van der Waals surface area contributed by atoms with Gasteiger partial charge in [0.15, 0.2) is 0 Å². The molecule has 0 saturated carbocycles. The second-order valence-electron chi connectivity index (χ2n) is 10.8. The van der Waals surface area contributed by atoms with Gasteiger partial charge in [-0.25, -0.2) is 0 Å². The highest BCUT2D eigenvalue weighted by molar-refractivity contribution is 7.87. The zero-order chi connectivity index (χ0) is 26.8. The molecule has 1 atom stereocenters. The molecule has 0 fully saturated rings. The largest absolute Gasteiger partial charge is 0.285 e. The van der Waals surface area contributed by atoms with E-state index in [2.05, 4.69) is 19.9 Å². The molecule has 4 heteroatoms. The molecule has 0 heterocycles. The first kappa shape index (κ1) is 31.6. The SMILES string of the molecule is CCCCCCCCCCCCc1ccccc1C(CCCCCCCC)(c1ccccc1)S(=O)(=O)O. The molecule has 37 heavy (non-hydrogen) atoms. The summed E-state index contributed by atoms with van der Waals surface area (Å²) in [6.07, 6.45) is 20.4. The molecule has 0 aliphatic rings. The molecular formula is C33H52O3S. The number of hydrogen-bond acceptors (Lipinski definition) is 2. The summed E-state index contributed by atoms with van der Waals surface area (Å²) in [6, 6.07) is 17.3. The van der Waals surface area contributed by atoms with Crippen molar-refractivity contribution in [1.82, 2.24) is 0 Å². The Kier molecular flexibility index (Phi) is 15.2. The Balaban J connectivity index is 2.14. The Bertz CT molecular complexity index is 955. The highest BCUT2D eigenvalue weighted by Crippen LogP contribution is 2.43. The predicted octanol–water partition coefficient (Wildman–Crippen LogP) is 10.0. The van der Waals surface area contributed by atoms with Crippen molar-refractivity contribution in [2.75, 3.05) is 0 Å². The van der Waals surface area contributed by atoms with Crippen molar-refractivity contribution < 1.29 is 13.0 Å². The third-order valence-electron chi connectivity index (χ3n) is 7.81. The Morgan fingerprint density at radius 2 is 1.05 bits per heavy atom. The highest BCUT2D eigenvalue weighted by Gasteiger charge is 2.46. The lowest BCUT2D eigenvalue weighted by atomic mass is 9.82. The smallest absolute Gasteiger partial charge is 0.279 e. The van der Waals surface area contributed by atoms with Crippen molar-refractivity contribution in [1.29, 1.82) is 0 Å². The zero-order valence-electron chi connectivity index (χ0n) is 23.6. The lowest BCUT2D eigenvalue weighted by molar-refractivity contribution is 0.425. The summed E-state index contributed by atoms with van der Waals surface area (Å²) in [4.78, 5) is 0. The standard InChI is InChI=1S/C33H52O3S/c1-3-5-7-9-11-12-13-14-15-18-24-30-25-21-22-28-32(30)33(37(34,35)36,31-26-19-17-20-27-31)29-23-16-10-8-6-4-2/h17,19-22,25-28H,3-16,18,23-24,29H2,1-2H3,(H,34,35,36). The summed E-state index contributed by atoms with van der Waals surface area (Å²) in [6.45, 7) is 4.46. The highest BCUT2D eigenvalue weighted by atomic mass is 32.2. The number of rotatable bonds is 21. The van der Waals surface area contributed by atoms with Gasteiger partial charge in [0, 0.05) is 0 Å². The van der Waals surface area contributed by atoms with Gasteiger partial charge in [-0.3, -0.25) is 4.55 Å². The lowest BCUT2D eigenvalue weighted by Crippen LogP contribution is -2.38. The molecule has 0 aromatic heterocycles. The predicted molar refractivity (Wildman–Crippen MR) is 159 cm³/mol. The van der Waals surface area contributed by atoms with E-state index in [-0.39, 0.29) is 0 Å². The maximum Gasteiger partial charge on any atom is 0.279 e. The molecule has 1 unspecified atom stereocenters. The summed E-state index contributed by atoms with van der Waals surface area (Å²) in [5, 5.41) is 0. The van der Waals surface area contributed by atoms with Crippen LogP contribution in [0.4, 0.5) is 0 Å². The van der Waals surface area contributed by atoms with E-state index in [0.29, 0.717) is 12.0 Å². The molecule has 0 aliphatic heterocycles. The molecule has 2 rings (SSSR count). The van der Waals surface area contributed by atoms with Gasteiger partial charge in [-0.1, -0.05) is 165 Å². The van der Waals surface area contributed by atoms with E-state index in [1.807, 2.05) is 48.5 Å². The van der Waals surface area contributed by atoms with Crippen molar-refractivity contribution in [2.24, 2.45) is 0 Å². The minimum absolute atomic E-state index is 0.400. The molecule has 0 aliphatic carbocycles. The summed E-state index contributed by atoms with van der Waals surface area (Å²) in [5.74, 6) is 0. The van der Waals surface area contributed by atoms with Gasteiger partial charge in [0.05, 0.1) is 0 Å². The van der Waals surface area contributed by atoms with Gasteiger partial charge in [-0.2, -0.15) is 8.42 Å². The third kappa shape index (κ3) is 10.2. The van der Waals surface area contributed by atoms with E-state index >= 15 is 0 Å². The van der Waals surface area contributed by atoms with Crippen LogP contribution in [0.1, 0.15) is 140 Å². The van der Waals surface area contributed by atoms with Crippen LogP contribution in [0.2, 0.25) is 0 Å². The van der Waals surface area contributed by atoms with E-state index in [1.165, 1.54) is 70.6 Å². The van der Waals surface area contributed by atoms with Gasteiger partial charge in [-0.15, -0.1) is 0 Å². The molecule has 2 aromatic rings. The summed E-state index contributed by atoms with van der Waals surface area (Å²) >= 11 is 0. The van der Waals surface area contributed by atoms with Crippen LogP contribution in [0.3, 0.4) is 0 Å². The van der Waals surface area contributed by atoms with Gasteiger partial charge in [-0.05, 0) is 36.0 Å². The summed E-state index contributed by atoms with van der Waals surface area (Å²) < 4.78 is 35.9. The average Bonchev–Trinajstić information content (AvgIpc) is 2.90. The van der Waals surface area contributed by atoms with Gasteiger partial charge in [0.1, 0.15) is 4.75 Å². The number of aryl methyl sites for hydroxylation is 1. The van der Waals surface area contributed by atoms with Gasteiger partial charge in [0.2, 0.25) is 0 Å². The van der Waals surface area contributed by atoms with Crippen molar-refractivity contribution in [3.05, 3.63) is 71.3 Å². The molecule has 0 bridgehead atoms. The van der Waals surface area contributed by atoms with E-state index in [4.69, 9.17) is 0 Å². The maximum atomic E-state index is 13.3. The molecular weight excluding hydrogens is 476 g/mol. The van der Waals surface area contributed by atoms with E-state index in [9.17, 15) is 13.0 Å². The van der Waals surface area contributed by atoms with Crippen LogP contribution in [0, 0.1) is 0 Å². The second kappa shape index (κ2) is 17.8. The Morgan fingerprint density at radius 1 is 0.595 bits per heavy atom. The first-order valence-corrected chi connectivity index (χ1v) is 16.5. The van der Waals surface area contributed by atoms with Crippen LogP contribution in [0.15, 0.2) is 54.6 Å². The van der Waals surface area contributed by atoms with Crippen LogP contribution in [0.5, 0.6) is 0 Å².